The van der Waals surface area contributed by atoms with Crippen LogP contribution in [-0.4, -0.2) is 36.8 Å². The van der Waals surface area contributed by atoms with Gasteiger partial charge in [0.25, 0.3) is 5.91 Å². The predicted octanol–water partition coefficient (Wildman–Crippen LogP) is 1.98. The summed E-state index contributed by atoms with van der Waals surface area (Å²) in [6, 6.07) is 15.7. The Kier molecular flexibility index (Phi) is 7.09. The van der Waals surface area contributed by atoms with Gasteiger partial charge >= 0.3 is 5.97 Å². The number of aliphatic carboxylic acids is 1. The van der Waals surface area contributed by atoms with E-state index >= 15 is 0 Å². The van der Waals surface area contributed by atoms with Gasteiger partial charge in [-0.2, -0.15) is 0 Å². The van der Waals surface area contributed by atoms with Crippen LogP contribution < -0.4 is 5.14 Å². The number of benzene rings is 2. The summed E-state index contributed by atoms with van der Waals surface area (Å²) >= 11 is 0. The maximum absolute atomic E-state index is 12.9. The molecule has 144 valence electrons. The molecule has 0 saturated heterocycles. The molecule has 0 aliphatic heterocycles. The Morgan fingerprint density at radius 2 is 1.67 bits per heavy atom. The highest BCUT2D eigenvalue weighted by Crippen LogP contribution is 2.14. The van der Waals surface area contributed by atoms with Crippen molar-refractivity contribution in [3.63, 3.8) is 0 Å². The van der Waals surface area contributed by atoms with Crippen molar-refractivity contribution in [2.45, 2.75) is 25.1 Å². The Morgan fingerprint density at radius 3 is 2.30 bits per heavy atom. The normalized spacial score (nSPS) is 11.1. The van der Waals surface area contributed by atoms with Gasteiger partial charge in [0.2, 0.25) is 10.0 Å². The van der Waals surface area contributed by atoms with Gasteiger partial charge in [-0.1, -0.05) is 42.5 Å². The molecule has 2 rings (SSSR count). The van der Waals surface area contributed by atoms with Crippen LogP contribution in [0.3, 0.4) is 0 Å². The molecule has 0 aromatic heterocycles. The summed E-state index contributed by atoms with van der Waals surface area (Å²) in [4.78, 5) is 25.3. The lowest BCUT2D eigenvalue weighted by atomic mass is 10.1. The SMILES string of the molecule is NS(=O)(=O)Cc1cccc(C(=O)N(CCCC(=O)O)Cc2ccccc2)c1. The highest BCUT2D eigenvalue weighted by atomic mass is 32.2. The quantitative estimate of drug-likeness (QED) is 0.679. The second-order valence-corrected chi connectivity index (χ2v) is 7.83. The van der Waals surface area contributed by atoms with E-state index in [1.165, 1.54) is 6.07 Å². The number of carbonyl (C=O) groups excluding carboxylic acids is 1. The molecule has 1 amide bonds. The van der Waals surface area contributed by atoms with Crippen LogP contribution in [0.25, 0.3) is 0 Å². The average molecular weight is 390 g/mol. The number of sulfonamides is 1. The van der Waals surface area contributed by atoms with Gasteiger partial charge in [0.1, 0.15) is 0 Å². The van der Waals surface area contributed by atoms with E-state index in [9.17, 15) is 18.0 Å². The van der Waals surface area contributed by atoms with Crippen molar-refractivity contribution in [1.82, 2.24) is 4.90 Å². The average Bonchev–Trinajstić information content (AvgIpc) is 2.59. The van der Waals surface area contributed by atoms with Gasteiger partial charge in [0, 0.05) is 25.1 Å². The van der Waals surface area contributed by atoms with Gasteiger partial charge in [-0.3, -0.25) is 9.59 Å². The maximum Gasteiger partial charge on any atom is 0.303 e. The minimum absolute atomic E-state index is 0.0377. The van der Waals surface area contributed by atoms with E-state index in [2.05, 4.69) is 0 Å². The number of hydrogen-bond acceptors (Lipinski definition) is 4. The molecule has 0 unspecified atom stereocenters. The molecular weight excluding hydrogens is 368 g/mol. The van der Waals surface area contributed by atoms with Crippen molar-refractivity contribution in [1.29, 1.82) is 0 Å². The first-order valence-corrected chi connectivity index (χ1v) is 10.1. The van der Waals surface area contributed by atoms with Gasteiger partial charge in [-0.15, -0.1) is 0 Å². The summed E-state index contributed by atoms with van der Waals surface area (Å²) in [5.74, 6) is -1.57. The molecule has 2 aromatic rings. The molecular formula is C19H22N2O5S. The fourth-order valence-electron chi connectivity index (χ4n) is 2.69. The molecule has 0 heterocycles. The molecule has 2 aromatic carbocycles. The lowest BCUT2D eigenvalue weighted by molar-refractivity contribution is -0.137. The highest BCUT2D eigenvalue weighted by Gasteiger charge is 2.17. The second-order valence-electron chi connectivity index (χ2n) is 6.22. The van der Waals surface area contributed by atoms with Crippen LogP contribution in [0.4, 0.5) is 0 Å². The van der Waals surface area contributed by atoms with Gasteiger partial charge in [0.05, 0.1) is 5.75 Å². The fourth-order valence-corrected chi connectivity index (χ4v) is 3.33. The summed E-state index contributed by atoms with van der Waals surface area (Å²) in [6.07, 6.45) is 0.287. The summed E-state index contributed by atoms with van der Waals surface area (Å²) < 4.78 is 22.6. The zero-order valence-corrected chi connectivity index (χ0v) is 15.6. The summed E-state index contributed by atoms with van der Waals surface area (Å²) in [6.45, 7) is 0.609. The molecule has 0 bridgehead atoms. The minimum atomic E-state index is -3.70. The largest absolute Gasteiger partial charge is 0.481 e. The lowest BCUT2D eigenvalue weighted by Crippen LogP contribution is -2.32. The Balaban J connectivity index is 2.21. The number of carboxylic acids is 1. The number of primary sulfonamides is 1. The van der Waals surface area contributed by atoms with E-state index in [1.54, 1.807) is 23.1 Å². The summed E-state index contributed by atoms with van der Waals surface area (Å²) in [5, 5.41) is 13.9. The molecule has 8 heteroatoms. The third-order valence-corrected chi connectivity index (χ3v) is 4.60. The van der Waals surface area contributed by atoms with Crippen LogP contribution in [0.5, 0.6) is 0 Å². The monoisotopic (exact) mass is 390 g/mol. The number of nitrogens with zero attached hydrogens (tertiary/aromatic N) is 1. The minimum Gasteiger partial charge on any atom is -0.481 e. The van der Waals surface area contributed by atoms with E-state index in [1.807, 2.05) is 30.3 Å². The molecule has 27 heavy (non-hydrogen) atoms. The summed E-state index contributed by atoms with van der Waals surface area (Å²) in [5.41, 5.74) is 1.68. The van der Waals surface area contributed by atoms with Crippen LogP contribution in [-0.2, 0) is 27.1 Å². The van der Waals surface area contributed by atoms with Gasteiger partial charge in [-0.25, -0.2) is 13.6 Å². The molecule has 0 saturated carbocycles. The molecule has 0 atom stereocenters. The fraction of sp³-hybridized carbons (Fsp3) is 0.263. The van der Waals surface area contributed by atoms with Crippen molar-refractivity contribution in [2.24, 2.45) is 5.14 Å². The van der Waals surface area contributed by atoms with E-state index in [0.29, 0.717) is 24.1 Å². The van der Waals surface area contributed by atoms with Crippen LogP contribution in [0.15, 0.2) is 54.6 Å². The number of rotatable bonds is 9. The van der Waals surface area contributed by atoms with Crippen molar-refractivity contribution in [2.75, 3.05) is 6.54 Å². The van der Waals surface area contributed by atoms with Crippen LogP contribution in [0, 0.1) is 0 Å². The predicted molar refractivity (Wildman–Crippen MR) is 101 cm³/mol. The number of hydrogen-bond donors (Lipinski definition) is 2. The van der Waals surface area contributed by atoms with Gasteiger partial charge in [0.15, 0.2) is 0 Å². The molecule has 0 aliphatic carbocycles. The zero-order chi connectivity index (χ0) is 19.9. The van der Waals surface area contributed by atoms with Crippen molar-refractivity contribution in [3.05, 3.63) is 71.3 Å². The zero-order valence-electron chi connectivity index (χ0n) is 14.7. The molecule has 3 N–H and O–H groups in total. The van der Waals surface area contributed by atoms with E-state index in [0.717, 1.165) is 5.56 Å². The van der Waals surface area contributed by atoms with E-state index in [4.69, 9.17) is 10.2 Å². The number of carboxylic acid groups (broad SMARTS) is 1. The van der Waals surface area contributed by atoms with Crippen molar-refractivity contribution >= 4 is 21.9 Å². The molecule has 0 spiro atoms. The van der Waals surface area contributed by atoms with Gasteiger partial charge < -0.3 is 10.0 Å². The Morgan fingerprint density at radius 1 is 1.00 bits per heavy atom. The second kappa shape index (κ2) is 9.29. The van der Waals surface area contributed by atoms with Crippen molar-refractivity contribution in [3.8, 4) is 0 Å². The summed E-state index contributed by atoms with van der Waals surface area (Å²) in [7, 11) is -3.70. The number of amides is 1. The third kappa shape index (κ3) is 7.20. The van der Waals surface area contributed by atoms with Gasteiger partial charge in [-0.05, 0) is 29.7 Å². The van der Waals surface area contributed by atoms with Crippen LogP contribution in [0.2, 0.25) is 0 Å². The number of nitrogens with two attached hydrogens (primary N) is 1. The van der Waals surface area contributed by atoms with Crippen LogP contribution in [0.1, 0.15) is 34.3 Å². The smallest absolute Gasteiger partial charge is 0.303 e. The molecule has 0 aliphatic rings. The van der Waals surface area contributed by atoms with Crippen LogP contribution >= 0.6 is 0 Å². The first-order chi connectivity index (χ1) is 12.7. The van der Waals surface area contributed by atoms with E-state index in [-0.39, 0.29) is 24.6 Å². The standard InChI is InChI=1S/C19H22N2O5S/c20-27(25,26)14-16-8-4-9-17(12-16)19(24)21(11-5-10-18(22)23)13-15-6-2-1-3-7-15/h1-4,6-9,12H,5,10-11,13-14H2,(H,22,23)(H2,20,25,26). The Bertz CT molecular complexity index is 897. The lowest BCUT2D eigenvalue weighted by Gasteiger charge is -2.23. The first-order valence-electron chi connectivity index (χ1n) is 8.39. The third-order valence-electron chi connectivity index (χ3n) is 3.86. The number of carbonyl (C=O) groups is 2. The van der Waals surface area contributed by atoms with E-state index < -0.39 is 16.0 Å². The highest BCUT2D eigenvalue weighted by molar-refractivity contribution is 7.88. The topological polar surface area (TPSA) is 118 Å². The maximum atomic E-state index is 12.9. The first kappa shape index (κ1) is 20.6. The molecule has 0 radical (unpaired) electrons. The Hall–Kier alpha value is -2.71. The molecule has 7 nitrogen and oxygen atoms in total. The molecule has 0 fully saturated rings. The van der Waals surface area contributed by atoms with Crippen molar-refractivity contribution < 1.29 is 23.1 Å². The Labute approximate surface area is 158 Å².